The van der Waals surface area contributed by atoms with Gasteiger partial charge in [0, 0.05) is 26.4 Å². The van der Waals surface area contributed by atoms with Crippen LogP contribution < -0.4 is 0 Å². The molecule has 0 aliphatic rings. The van der Waals surface area contributed by atoms with Crippen LogP contribution in [0, 0.1) is 0 Å². The summed E-state index contributed by atoms with van der Waals surface area (Å²) < 4.78 is 0. The summed E-state index contributed by atoms with van der Waals surface area (Å²) in [6, 6.07) is 10.4. The van der Waals surface area contributed by atoms with E-state index in [2.05, 4.69) is 31.2 Å². The van der Waals surface area contributed by atoms with Crippen LogP contribution in [0.1, 0.15) is 65.9 Å². The quantitative estimate of drug-likeness (QED) is 0.734. The molecule has 0 fully saturated rings. The lowest BCUT2D eigenvalue weighted by molar-refractivity contribution is -0.127. The van der Waals surface area contributed by atoms with Gasteiger partial charge in [-0.15, -0.1) is 0 Å². The van der Waals surface area contributed by atoms with Crippen LogP contribution in [0.3, 0.4) is 0 Å². The summed E-state index contributed by atoms with van der Waals surface area (Å²) in [5.74, 6) is 0.595. The highest BCUT2D eigenvalue weighted by atomic mass is 16.2. The van der Waals surface area contributed by atoms with Gasteiger partial charge in [-0.25, -0.2) is 0 Å². The maximum Gasteiger partial charge on any atom is 0.219 e. The van der Waals surface area contributed by atoms with E-state index in [9.17, 15) is 4.79 Å². The molecule has 0 saturated carbocycles. The average Bonchev–Trinajstić information content (AvgIpc) is 2.51. The summed E-state index contributed by atoms with van der Waals surface area (Å²) in [6.45, 7) is 12.6. The van der Waals surface area contributed by atoms with Crippen LogP contribution in [0.15, 0.2) is 30.3 Å². The molecule has 0 saturated heterocycles. The minimum absolute atomic E-state index is 0.136. The Kier molecular flexibility index (Phi) is 14.8. The van der Waals surface area contributed by atoms with Gasteiger partial charge in [0.2, 0.25) is 5.91 Å². The monoisotopic (exact) mass is 279 g/mol. The third-order valence-corrected chi connectivity index (χ3v) is 2.94. The van der Waals surface area contributed by atoms with E-state index >= 15 is 0 Å². The molecule has 116 valence electrons. The summed E-state index contributed by atoms with van der Waals surface area (Å²) in [5.41, 5.74) is 1.33. The normalized spacial score (nSPS) is 10.3. The predicted octanol–water partition coefficient (Wildman–Crippen LogP) is 5.10. The highest BCUT2D eigenvalue weighted by Gasteiger charge is 2.14. The number of rotatable bonds is 5. The van der Waals surface area contributed by atoms with Gasteiger partial charge in [0.15, 0.2) is 0 Å². The molecule has 1 aromatic rings. The van der Waals surface area contributed by atoms with Crippen molar-refractivity contribution in [3.8, 4) is 0 Å². The van der Waals surface area contributed by atoms with E-state index in [0.717, 1.165) is 19.4 Å². The maximum absolute atomic E-state index is 11.2. The highest BCUT2D eigenvalue weighted by Crippen LogP contribution is 2.21. The fourth-order valence-corrected chi connectivity index (χ4v) is 1.90. The lowest BCUT2D eigenvalue weighted by atomic mass is 9.94. The number of hydrogen-bond acceptors (Lipinski definition) is 1. The van der Waals surface area contributed by atoms with Crippen molar-refractivity contribution in [2.45, 2.75) is 60.3 Å². The first-order chi connectivity index (χ1) is 9.65. The lowest BCUT2D eigenvalue weighted by Crippen LogP contribution is -2.28. The van der Waals surface area contributed by atoms with Gasteiger partial charge < -0.3 is 4.90 Å². The zero-order valence-electron chi connectivity index (χ0n) is 14.4. The number of carbonyl (C=O) groups excluding carboxylic acids is 1. The van der Waals surface area contributed by atoms with Gasteiger partial charge in [0.1, 0.15) is 0 Å². The zero-order chi connectivity index (χ0) is 16.0. The van der Waals surface area contributed by atoms with Crippen molar-refractivity contribution in [3.63, 3.8) is 0 Å². The Morgan fingerprint density at radius 2 is 1.60 bits per heavy atom. The van der Waals surface area contributed by atoms with Crippen molar-refractivity contribution in [2.24, 2.45) is 0 Å². The second-order valence-corrected chi connectivity index (χ2v) is 4.30. The van der Waals surface area contributed by atoms with E-state index in [4.69, 9.17) is 0 Å². The Hall–Kier alpha value is -1.31. The van der Waals surface area contributed by atoms with Gasteiger partial charge in [0.05, 0.1) is 0 Å². The molecule has 0 aliphatic heterocycles. The van der Waals surface area contributed by atoms with E-state index in [1.54, 1.807) is 11.8 Å². The van der Waals surface area contributed by atoms with Crippen LogP contribution in [-0.4, -0.2) is 24.4 Å². The summed E-state index contributed by atoms with van der Waals surface area (Å²) >= 11 is 0. The van der Waals surface area contributed by atoms with Crippen LogP contribution in [-0.2, 0) is 4.79 Å². The van der Waals surface area contributed by atoms with E-state index in [1.165, 1.54) is 5.56 Å². The molecule has 0 radical (unpaired) electrons. The Balaban J connectivity index is 0. The van der Waals surface area contributed by atoms with Crippen molar-refractivity contribution >= 4 is 5.91 Å². The van der Waals surface area contributed by atoms with Gasteiger partial charge in [0.25, 0.3) is 0 Å². The van der Waals surface area contributed by atoms with Gasteiger partial charge in [-0.05, 0) is 12.0 Å². The minimum Gasteiger partial charge on any atom is -0.345 e. The largest absolute Gasteiger partial charge is 0.345 e. The molecule has 1 aromatic carbocycles. The maximum atomic E-state index is 11.2. The third-order valence-electron chi connectivity index (χ3n) is 2.94. The van der Waals surface area contributed by atoms with E-state index in [1.807, 2.05) is 40.8 Å². The average molecular weight is 279 g/mol. The Morgan fingerprint density at radius 3 is 2.00 bits per heavy atom. The summed E-state index contributed by atoms with van der Waals surface area (Å²) in [7, 11) is 1.87. The van der Waals surface area contributed by atoms with Crippen molar-refractivity contribution in [3.05, 3.63) is 35.9 Å². The van der Waals surface area contributed by atoms with Crippen LogP contribution in [0.4, 0.5) is 0 Å². The second-order valence-electron chi connectivity index (χ2n) is 4.30. The fraction of sp³-hybridized carbons (Fsp3) is 0.611. The Bertz CT molecular complexity index is 321. The molecule has 0 aromatic heterocycles. The molecule has 2 nitrogen and oxygen atoms in total. The molecular weight excluding hydrogens is 246 g/mol. The first-order valence-electron chi connectivity index (χ1n) is 7.91. The zero-order valence-corrected chi connectivity index (χ0v) is 14.4. The summed E-state index contributed by atoms with van der Waals surface area (Å²) in [4.78, 5) is 13.0. The summed E-state index contributed by atoms with van der Waals surface area (Å²) in [6.07, 6.45) is 2.27. The van der Waals surface area contributed by atoms with E-state index in [-0.39, 0.29) is 5.91 Å². The SMILES string of the molecule is CC.CC.CCCC(CN(C)C(C)=O)c1ccccc1. The molecule has 0 heterocycles. The fourth-order valence-electron chi connectivity index (χ4n) is 1.90. The number of amides is 1. The highest BCUT2D eigenvalue weighted by molar-refractivity contribution is 5.72. The lowest BCUT2D eigenvalue weighted by Gasteiger charge is -2.23. The number of likely N-dealkylation sites (N-methyl/N-ethyl adjacent to an activating group) is 1. The van der Waals surface area contributed by atoms with Gasteiger partial charge in [-0.1, -0.05) is 71.4 Å². The number of carbonyl (C=O) groups is 1. The first kappa shape index (κ1) is 21.0. The molecule has 1 amide bonds. The minimum atomic E-state index is 0.136. The summed E-state index contributed by atoms with van der Waals surface area (Å²) in [5, 5.41) is 0. The molecule has 20 heavy (non-hydrogen) atoms. The predicted molar refractivity (Wildman–Crippen MR) is 90.1 cm³/mol. The third kappa shape index (κ3) is 8.73. The Morgan fingerprint density at radius 1 is 1.10 bits per heavy atom. The number of hydrogen-bond donors (Lipinski definition) is 0. The molecule has 0 N–H and O–H groups in total. The number of benzene rings is 1. The standard InChI is InChI=1S/C14H21NO.2C2H6/c1-4-8-14(11-15(3)12(2)16)13-9-6-5-7-10-13;2*1-2/h5-7,9-10,14H,4,8,11H2,1-3H3;2*1-2H3. The van der Waals surface area contributed by atoms with Crippen LogP contribution in [0.25, 0.3) is 0 Å². The second kappa shape index (κ2) is 14.1. The van der Waals surface area contributed by atoms with Crippen molar-refractivity contribution in [1.82, 2.24) is 4.90 Å². The van der Waals surface area contributed by atoms with E-state index in [0.29, 0.717) is 5.92 Å². The number of nitrogens with zero attached hydrogens (tertiary/aromatic N) is 1. The van der Waals surface area contributed by atoms with Gasteiger partial charge >= 0.3 is 0 Å². The molecule has 1 atom stereocenters. The molecule has 0 spiro atoms. The van der Waals surface area contributed by atoms with Crippen LogP contribution >= 0.6 is 0 Å². The van der Waals surface area contributed by atoms with Crippen LogP contribution in [0.5, 0.6) is 0 Å². The molecule has 1 unspecified atom stereocenters. The van der Waals surface area contributed by atoms with Crippen molar-refractivity contribution < 1.29 is 4.79 Å². The Labute approximate surface area is 126 Å². The first-order valence-corrected chi connectivity index (χ1v) is 7.91. The van der Waals surface area contributed by atoms with Crippen molar-refractivity contribution in [1.29, 1.82) is 0 Å². The topological polar surface area (TPSA) is 20.3 Å². The van der Waals surface area contributed by atoms with Gasteiger partial charge in [-0.3, -0.25) is 4.79 Å². The van der Waals surface area contributed by atoms with Crippen LogP contribution in [0.2, 0.25) is 0 Å². The molecule has 0 bridgehead atoms. The molecular formula is C18H33NO. The van der Waals surface area contributed by atoms with Gasteiger partial charge in [-0.2, -0.15) is 0 Å². The smallest absolute Gasteiger partial charge is 0.219 e. The molecule has 0 aliphatic carbocycles. The van der Waals surface area contributed by atoms with Crippen molar-refractivity contribution in [2.75, 3.05) is 13.6 Å². The molecule has 1 rings (SSSR count). The molecule has 2 heteroatoms. The van der Waals surface area contributed by atoms with E-state index < -0.39 is 0 Å².